The molecule has 1 N–H and O–H groups in total. The van der Waals surface area contributed by atoms with Crippen molar-refractivity contribution in [2.75, 3.05) is 26.2 Å². The van der Waals surface area contributed by atoms with E-state index in [-0.39, 0.29) is 30.1 Å². The fourth-order valence-electron chi connectivity index (χ4n) is 4.77. The van der Waals surface area contributed by atoms with E-state index in [4.69, 9.17) is 9.15 Å². The molecule has 0 bridgehead atoms. The SMILES string of the molecule is Cc1nnc(CC(=O)N[C@H]2CC[C@](F)(CCN3CCc4ccc(OCC(F)F)nc4CC3)CC2)o1. The van der Waals surface area contributed by atoms with Crippen LogP contribution in [0.1, 0.15) is 55.1 Å². The highest BCUT2D eigenvalue weighted by Gasteiger charge is 2.36. The molecule has 4 rings (SSSR count). The third kappa shape index (κ3) is 7.39. The van der Waals surface area contributed by atoms with Gasteiger partial charge in [-0.2, -0.15) is 0 Å². The van der Waals surface area contributed by atoms with Crippen LogP contribution in [0.5, 0.6) is 5.88 Å². The van der Waals surface area contributed by atoms with Gasteiger partial charge in [-0.25, -0.2) is 18.2 Å². The van der Waals surface area contributed by atoms with Crippen LogP contribution in [0.3, 0.4) is 0 Å². The molecule has 0 saturated heterocycles. The molecule has 2 aliphatic rings. The molecular weight excluding hydrogens is 463 g/mol. The standard InChI is InChI=1S/C24H32F3N5O3/c1-16-30-31-23(35-16)14-21(33)28-18-4-8-24(27,9-5-18)10-13-32-11-6-17-2-3-22(34-15-20(25)26)29-19(17)7-12-32/h2-3,18,20H,4-15H2,1H3,(H,28,33)/t18-,24+. The predicted molar refractivity (Wildman–Crippen MR) is 121 cm³/mol. The molecule has 2 aromatic rings. The van der Waals surface area contributed by atoms with Crippen molar-refractivity contribution in [1.29, 1.82) is 0 Å². The first-order valence-corrected chi connectivity index (χ1v) is 12.2. The Labute approximate surface area is 202 Å². The highest BCUT2D eigenvalue weighted by atomic mass is 19.3. The van der Waals surface area contributed by atoms with Crippen molar-refractivity contribution in [2.24, 2.45) is 0 Å². The number of carbonyl (C=O) groups is 1. The zero-order valence-electron chi connectivity index (χ0n) is 19.9. The fourth-order valence-corrected chi connectivity index (χ4v) is 4.77. The molecule has 0 spiro atoms. The van der Waals surface area contributed by atoms with Crippen LogP contribution in [0.15, 0.2) is 16.5 Å². The molecule has 3 heterocycles. The zero-order valence-corrected chi connectivity index (χ0v) is 19.9. The van der Waals surface area contributed by atoms with Gasteiger partial charge >= 0.3 is 0 Å². The summed E-state index contributed by atoms with van der Waals surface area (Å²) in [6.07, 6.45) is 1.43. The van der Waals surface area contributed by atoms with Crippen molar-refractivity contribution in [3.8, 4) is 5.88 Å². The van der Waals surface area contributed by atoms with Gasteiger partial charge in [-0.05, 0) is 44.1 Å². The van der Waals surface area contributed by atoms with Crippen molar-refractivity contribution in [3.63, 3.8) is 0 Å². The number of ether oxygens (including phenoxy) is 1. The Balaban J connectivity index is 1.19. The van der Waals surface area contributed by atoms with Crippen LogP contribution in [0.25, 0.3) is 0 Å². The van der Waals surface area contributed by atoms with Crippen LogP contribution in [0, 0.1) is 6.92 Å². The first-order valence-electron chi connectivity index (χ1n) is 12.2. The Morgan fingerprint density at radius 2 is 2.03 bits per heavy atom. The lowest BCUT2D eigenvalue weighted by atomic mass is 9.81. The minimum atomic E-state index is -2.54. The topological polar surface area (TPSA) is 93.4 Å². The average molecular weight is 496 g/mol. The maximum atomic E-state index is 15.5. The van der Waals surface area contributed by atoms with Crippen molar-refractivity contribution < 1.29 is 27.1 Å². The Bertz CT molecular complexity index is 995. The number of fused-ring (bicyclic) bond motifs is 1. The molecule has 8 nitrogen and oxygen atoms in total. The molecule has 0 radical (unpaired) electrons. The summed E-state index contributed by atoms with van der Waals surface area (Å²) in [5, 5.41) is 10.5. The van der Waals surface area contributed by atoms with Crippen LogP contribution in [-0.2, 0) is 24.1 Å². The van der Waals surface area contributed by atoms with Crippen LogP contribution in [0.4, 0.5) is 13.2 Å². The quantitative estimate of drug-likeness (QED) is 0.571. The monoisotopic (exact) mass is 495 g/mol. The van der Waals surface area contributed by atoms with Gasteiger partial charge in [-0.1, -0.05) is 6.07 Å². The highest BCUT2D eigenvalue weighted by molar-refractivity contribution is 5.77. The number of hydrogen-bond donors (Lipinski definition) is 1. The molecular formula is C24H32F3N5O3. The largest absolute Gasteiger partial charge is 0.472 e. The zero-order chi connectivity index (χ0) is 24.8. The summed E-state index contributed by atoms with van der Waals surface area (Å²) in [6.45, 7) is 3.19. The molecule has 0 atom stereocenters. The summed E-state index contributed by atoms with van der Waals surface area (Å²) in [4.78, 5) is 18.8. The third-order valence-corrected chi connectivity index (χ3v) is 6.76. The number of hydrogen-bond acceptors (Lipinski definition) is 7. The number of pyridine rings is 1. The maximum absolute atomic E-state index is 15.5. The van der Waals surface area contributed by atoms with E-state index in [0.717, 1.165) is 30.8 Å². The van der Waals surface area contributed by atoms with E-state index in [0.29, 0.717) is 51.0 Å². The Morgan fingerprint density at radius 1 is 1.26 bits per heavy atom. The summed E-state index contributed by atoms with van der Waals surface area (Å²) in [5.41, 5.74) is 0.707. The number of nitrogens with one attached hydrogen (secondary N) is 1. The molecule has 2 aromatic heterocycles. The van der Waals surface area contributed by atoms with Crippen molar-refractivity contribution >= 4 is 5.91 Å². The average Bonchev–Trinajstić information content (AvgIpc) is 3.12. The van der Waals surface area contributed by atoms with Gasteiger partial charge < -0.3 is 19.4 Å². The molecule has 11 heteroatoms. The Morgan fingerprint density at radius 3 is 2.74 bits per heavy atom. The molecule has 1 fully saturated rings. The van der Waals surface area contributed by atoms with E-state index < -0.39 is 18.7 Å². The lowest BCUT2D eigenvalue weighted by Gasteiger charge is -2.35. The minimum absolute atomic E-state index is 0.0319. The van der Waals surface area contributed by atoms with Crippen LogP contribution >= 0.6 is 0 Å². The van der Waals surface area contributed by atoms with Gasteiger partial charge in [-0.15, -0.1) is 10.2 Å². The van der Waals surface area contributed by atoms with Gasteiger partial charge in [0.2, 0.25) is 23.6 Å². The number of amides is 1. The van der Waals surface area contributed by atoms with E-state index in [1.54, 1.807) is 13.0 Å². The van der Waals surface area contributed by atoms with Crippen LogP contribution < -0.4 is 10.1 Å². The van der Waals surface area contributed by atoms with Gasteiger partial charge in [0.25, 0.3) is 6.43 Å². The second-order valence-corrected chi connectivity index (χ2v) is 9.43. The fraction of sp³-hybridized carbons (Fsp3) is 0.667. The van der Waals surface area contributed by atoms with Gasteiger partial charge in [0, 0.05) is 50.8 Å². The summed E-state index contributed by atoms with van der Waals surface area (Å²) in [7, 11) is 0. The molecule has 1 amide bonds. The number of halogens is 3. The number of alkyl halides is 3. The summed E-state index contributed by atoms with van der Waals surface area (Å²) < 4.78 is 50.5. The first-order chi connectivity index (χ1) is 16.8. The van der Waals surface area contributed by atoms with Crippen molar-refractivity contribution in [1.82, 2.24) is 25.4 Å². The smallest absolute Gasteiger partial charge is 0.272 e. The van der Waals surface area contributed by atoms with Gasteiger partial charge in [0.05, 0.1) is 0 Å². The normalized spacial score (nSPS) is 23.1. The van der Waals surface area contributed by atoms with Gasteiger partial charge in [-0.3, -0.25) is 4.79 Å². The third-order valence-electron chi connectivity index (χ3n) is 6.76. The number of nitrogens with zero attached hydrogens (tertiary/aromatic N) is 4. The highest BCUT2D eigenvalue weighted by Crippen LogP contribution is 2.35. The predicted octanol–water partition coefficient (Wildman–Crippen LogP) is 3.22. The molecule has 1 aliphatic heterocycles. The first kappa shape index (κ1) is 25.4. The summed E-state index contributed by atoms with van der Waals surface area (Å²) >= 11 is 0. The Hall–Kier alpha value is -2.69. The van der Waals surface area contributed by atoms with Crippen molar-refractivity contribution in [3.05, 3.63) is 35.2 Å². The van der Waals surface area contributed by atoms with Gasteiger partial charge in [0.1, 0.15) is 12.1 Å². The molecule has 0 unspecified atom stereocenters. The number of carbonyl (C=O) groups excluding carboxylic acids is 1. The second-order valence-electron chi connectivity index (χ2n) is 9.43. The number of aromatic nitrogens is 3. The lowest BCUT2D eigenvalue weighted by molar-refractivity contribution is -0.122. The van der Waals surface area contributed by atoms with Crippen LogP contribution in [0.2, 0.25) is 0 Å². The molecule has 192 valence electrons. The second kappa shape index (κ2) is 11.4. The van der Waals surface area contributed by atoms with Gasteiger partial charge in [0.15, 0.2) is 6.61 Å². The molecule has 1 saturated carbocycles. The molecule has 0 aromatic carbocycles. The number of rotatable bonds is 9. The van der Waals surface area contributed by atoms with E-state index >= 15 is 4.39 Å². The van der Waals surface area contributed by atoms with Crippen LogP contribution in [-0.4, -0.2) is 70.4 Å². The van der Waals surface area contributed by atoms with E-state index in [1.165, 1.54) is 0 Å². The Kier molecular flexibility index (Phi) is 8.25. The lowest BCUT2D eigenvalue weighted by Crippen LogP contribution is -2.43. The summed E-state index contributed by atoms with van der Waals surface area (Å²) in [6, 6.07) is 3.47. The molecule has 35 heavy (non-hydrogen) atoms. The number of aryl methyl sites for hydroxylation is 1. The van der Waals surface area contributed by atoms with E-state index in [1.807, 2.05) is 6.07 Å². The summed E-state index contributed by atoms with van der Waals surface area (Å²) in [5.74, 6) is 0.727. The minimum Gasteiger partial charge on any atom is -0.472 e. The van der Waals surface area contributed by atoms with E-state index in [9.17, 15) is 13.6 Å². The molecule has 1 aliphatic carbocycles. The van der Waals surface area contributed by atoms with E-state index in [2.05, 4.69) is 25.4 Å². The van der Waals surface area contributed by atoms with Crippen molar-refractivity contribution in [2.45, 2.75) is 76.4 Å². The maximum Gasteiger partial charge on any atom is 0.272 e.